The summed E-state index contributed by atoms with van der Waals surface area (Å²) in [5.41, 5.74) is 0. The summed E-state index contributed by atoms with van der Waals surface area (Å²) in [6.07, 6.45) is 2.40. The quantitative estimate of drug-likeness (QED) is 0.352. The minimum Gasteiger partial charge on any atom is -0.381 e. The van der Waals surface area contributed by atoms with Gasteiger partial charge in [0.15, 0.2) is 0 Å². The van der Waals surface area contributed by atoms with Crippen LogP contribution in [0.15, 0.2) is 0 Å². The van der Waals surface area contributed by atoms with Gasteiger partial charge in [0.05, 0.1) is 65.6 Å². The Labute approximate surface area is 134 Å². The molecule has 21 heavy (non-hydrogen) atoms. The first-order valence-corrected chi connectivity index (χ1v) is 9.35. The zero-order valence-corrected chi connectivity index (χ0v) is 15.8. The third kappa shape index (κ3) is 7.12. The highest BCUT2D eigenvalue weighted by Crippen LogP contribution is 2.09. The van der Waals surface area contributed by atoms with Crippen LogP contribution < -0.4 is 0 Å². The van der Waals surface area contributed by atoms with Gasteiger partial charge in [-0.05, 0) is 41.5 Å². The molecule has 0 aliphatic carbocycles. The lowest BCUT2D eigenvalue weighted by Gasteiger charge is -2.36. The molecule has 0 aromatic carbocycles. The molecule has 0 saturated heterocycles. The molecule has 0 amide bonds. The third-order valence-electron chi connectivity index (χ3n) is 5.87. The van der Waals surface area contributed by atoms with Crippen molar-refractivity contribution in [3.05, 3.63) is 0 Å². The standard InChI is InChI=1S/C18H42N2O/c1-7-19(8-2,9-3)15-13-17-21-18-14-16-20(10-4,11-5)12-6/h7-18H2,1-6H3/q+2. The maximum Gasteiger partial charge on any atom is 0.0808 e. The zero-order chi connectivity index (χ0) is 16.2. The molecule has 0 spiro atoms. The van der Waals surface area contributed by atoms with E-state index >= 15 is 0 Å². The average molecular weight is 303 g/mol. The summed E-state index contributed by atoms with van der Waals surface area (Å²) in [4.78, 5) is 0. The lowest BCUT2D eigenvalue weighted by atomic mass is 10.3. The van der Waals surface area contributed by atoms with E-state index in [-0.39, 0.29) is 0 Å². The number of hydrogen-bond donors (Lipinski definition) is 0. The number of ether oxygens (including phenoxy) is 1. The number of hydrogen-bond acceptors (Lipinski definition) is 1. The van der Waals surface area contributed by atoms with E-state index in [1.54, 1.807) is 0 Å². The van der Waals surface area contributed by atoms with Gasteiger partial charge in [0.1, 0.15) is 0 Å². The van der Waals surface area contributed by atoms with Gasteiger partial charge in [-0.2, -0.15) is 0 Å². The van der Waals surface area contributed by atoms with Gasteiger partial charge < -0.3 is 13.7 Å². The van der Waals surface area contributed by atoms with E-state index in [0.29, 0.717) is 0 Å². The third-order valence-corrected chi connectivity index (χ3v) is 5.87. The predicted molar refractivity (Wildman–Crippen MR) is 93.6 cm³/mol. The summed E-state index contributed by atoms with van der Waals surface area (Å²) in [7, 11) is 0. The van der Waals surface area contributed by atoms with Gasteiger partial charge in [0.2, 0.25) is 0 Å². The Morgan fingerprint density at radius 3 is 1.05 bits per heavy atom. The molecule has 0 aromatic rings. The maximum absolute atomic E-state index is 5.87. The summed E-state index contributed by atoms with van der Waals surface area (Å²) >= 11 is 0. The first-order chi connectivity index (χ1) is 10.1. The summed E-state index contributed by atoms with van der Waals surface area (Å²) in [6.45, 7) is 25.7. The maximum atomic E-state index is 5.87. The molecule has 0 unspecified atom stereocenters. The van der Waals surface area contributed by atoms with Crippen LogP contribution in [0.2, 0.25) is 0 Å². The first-order valence-electron chi connectivity index (χ1n) is 9.35. The van der Waals surface area contributed by atoms with Crippen molar-refractivity contribution >= 4 is 0 Å². The summed E-state index contributed by atoms with van der Waals surface area (Å²) < 4.78 is 8.35. The van der Waals surface area contributed by atoms with Crippen LogP contribution in [0.3, 0.4) is 0 Å². The highest BCUT2D eigenvalue weighted by atomic mass is 16.5. The van der Waals surface area contributed by atoms with Crippen molar-refractivity contribution in [3.8, 4) is 0 Å². The fourth-order valence-electron chi connectivity index (χ4n) is 3.40. The molecule has 0 N–H and O–H groups in total. The van der Waals surface area contributed by atoms with Gasteiger partial charge in [-0.1, -0.05) is 0 Å². The van der Waals surface area contributed by atoms with Gasteiger partial charge in [0, 0.05) is 12.8 Å². The van der Waals surface area contributed by atoms with E-state index in [2.05, 4.69) is 41.5 Å². The second-order valence-electron chi connectivity index (χ2n) is 6.35. The van der Waals surface area contributed by atoms with E-state index in [4.69, 9.17) is 4.74 Å². The largest absolute Gasteiger partial charge is 0.381 e. The van der Waals surface area contributed by atoms with Crippen LogP contribution in [0.5, 0.6) is 0 Å². The summed E-state index contributed by atoms with van der Waals surface area (Å²) in [5.74, 6) is 0. The Kier molecular flexibility index (Phi) is 11.4. The molecule has 0 fully saturated rings. The van der Waals surface area contributed by atoms with Crippen molar-refractivity contribution in [2.24, 2.45) is 0 Å². The lowest BCUT2D eigenvalue weighted by molar-refractivity contribution is -0.923. The van der Waals surface area contributed by atoms with Crippen molar-refractivity contribution in [1.29, 1.82) is 0 Å². The van der Waals surface area contributed by atoms with Crippen LogP contribution in [0.1, 0.15) is 54.4 Å². The SMILES string of the molecule is CC[N+](CC)(CC)CCCOCCC[N+](CC)(CC)CC. The summed E-state index contributed by atoms with van der Waals surface area (Å²) in [5, 5.41) is 0. The van der Waals surface area contributed by atoms with Crippen molar-refractivity contribution in [3.63, 3.8) is 0 Å². The smallest absolute Gasteiger partial charge is 0.0808 e. The van der Waals surface area contributed by atoms with E-state index in [1.165, 1.54) is 74.2 Å². The van der Waals surface area contributed by atoms with Crippen molar-refractivity contribution in [1.82, 2.24) is 0 Å². The average Bonchev–Trinajstić information content (AvgIpc) is 2.55. The highest BCUT2D eigenvalue weighted by Gasteiger charge is 2.20. The Bertz CT molecular complexity index is 195. The minimum absolute atomic E-state index is 0.935. The van der Waals surface area contributed by atoms with Crippen LogP contribution >= 0.6 is 0 Å². The molecule has 0 bridgehead atoms. The van der Waals surface area contributed by atoms with Crippen LogP contribution in [0, 0.1) is 0 Å². The number of rotatable bonds is 14. The molecule has 0 atom stereocenters. The van der Waals surface area contributed by atoms with Crippen LogP contribution in [-0.4, -0.2) is 74.5 Å². The fourth-order valence-corrected chi connectivity index (χ4v) is 3.40. The molecule has 3 nitrogen and oxygen atoms in total. The molecular weight excluding hydrogens is 260 g/mol. The molecule has 3 heteroatoms. The summed E-state index contributed by atoms with van der Waals surface area (Å²) in [6, 6.07) is 0. The highest BCUT2D eigenvalue weighted by molar-refractivity contribution is 4.44. The van der Waals surface area contributed by atoms with E-state index in [1.807, 2.05) is 0 Å². The van der Waals surface area contributed by atoms with Gasteiger partial charge in [-0.3, -0.25) is 0 Å². The van der Waals surface area contributed by atoms with Gasteiger partial charge in [-0.25, -0.2) is 0 Å². The van der Waals surface area contributed by atoms with Crippen molar-refractivity contribution < 1.29 is 13.7 Å². The monoisotopic (exact) mass is 302 g/mol. The van der Waals surface area contributed by atoms with E-state index < -0.39 is 0 Å². The molecule has 0 rings (SSSR count). The van der Waals surface area contributed by atoms with Gasteiger partial charge in [-0.15, -0.1) is 0 Å². The lowest BCUT2D eigenvalue weighted by Crippen LogP contribution is -2.48. The number of nitrogens with zero attached hydrogens (tertiary/aromatic N) is 2. The molecule has 0 aliphatic heterocycles. The van der Waals surface area contributed by atoms with Gasteiger partial charge in [0.25, 0.3) is 0 Å². The number of quaternary nitrogens is 2. The minimum atomic E-state index is 0.935. The Morgan fingerprint density at radius 2 is 0.810 bits per heavy atom. The zero-order valence-electron chi connectivity index (χ0n) is 15.8. The van der Waals surface area contributed by atoms with Crippen molar-refractivity contribution in [2.45, 2.75) is 54.4 Å². The Balaban J connectivity index is 3.78. The van der Waals surface area contributed by atoms with E-state index in [0.717, 1.165) is 13.2 Å². The van der Waals surface area contributed by atoms with Crippen LogP contribution in [0.25, 0.3) is 0 Å². The molecule has 0 saturated carbocycles. The Hall–Kier alpha value is -0.120. The normalized spacial score (nSPS) is 12.9. The van der Waals surface area contributed by atoms with Crippen molar-refractivity contribution in [2.75, 3.05) is 65.6 Å². The first kappa shape index (κ1) is 20.9. The molecule has 0 aromatic heterocycles. The molecule has 128 valence electrons. The molecular formula is C18H42N2O+2. The van der Waals surface area contributed by atoms with E-state index in [9.17, 15) is 0 Å². The second-order valence-corrected chi connectivity index (χ2v) is 6.35. The topological polar surface area (TPSA) is 9.23 Å². The van der Waals surface area contributed by atoms with Crippen LogP contribution in [-0.2, 0) is 4.74 Å². The predicted octanol–water partition coefficient (Wildman–Crippen LogP) is 3.54. The fraction of sp³-hybridized carbons (Fsp3) is 1.00. The second kappa shape index (κ2) is 11.4. The molecule has 0 heterocycles. The molecule has 0 radical (unpaired) electrons. The Morgan fingerprint density at radius 1 is 0.524 bits per heavy atom. The van der Waals surface area contributed by atoms with Gasteiger partial charge >= 0.3 is 0 Å². The van der Waals surface area contributed by atoms with Crippen LogP contribution in [0.4, 0.5) is 0 Å². The molecule has 0 aliphatic rings.